The summed E-state index contributed by atoms with van der Waals surface area (Å²) in [6, 6.07) is 11.9. The molecule has 7 nitrogen and oxygen atoms in total. The number of nitrogens with one attached hydrogen (secondary N) is 2. The number of carboxylic acid groups (broad SMARTS) is 1. The Labute approximate surface area is 175 Å². The van der Waals surface area contributed by atoms with Crippen molar-refractivity contribution in [3.8, 4) is 5.75 Å². The predicted molar refractivity (Wildman–Crippen MR) is 113 cm³/mol. The van der Waals surface area contributed by atoms with Gasteiger partial charge in [-0.25, -0.2) is 0 Å². The zero-order valence-electron chi connectivity index (χ0n) is 16.2. The number of benzene rings is 2. The number of fused-ring (bicyclic) bond motifs is 1. The van der Waals surface area contributed by atoms with Crippen LogP contribution < -0.4 is 15.8 Å². The van der Waals surface area contributed by atoms with Gasteiger partial charge in [0.25, 0.3) is 5.91 Å². The molecule has 0 radical (unpaired) electrons. The average molecular weight is 418 g/mol. The molecule has 0 bridgehead atoms. The van der Waals surface area contributed by atoms with Crippen molar-refractivity contribution in [2.24, 2.45) is 5.73 Å². The third-order valence-corrected chi connectivity index (χ3v) is 4.86. The minimum atomic E-state index is -0.885. The number of carboxylic acids is 1. The van der Waals surface area contributed by atoms with E-state index >= 15 is 0 Å². The van der Waals surface area contributed by atoms with Gasteiger partial charge in [0.15, 0.2) is 0 Å². The molecule has 1 unspecified atom stereocenters. The summed E-state index contributed by atoms with van der Waals surface area (Å²) in [5, 5.41) is 19.3. The minimum absolute atomic E-state index is 0. The Morgan fingerprint density at radius 1 is 1.21 bits per heavy atom. The number of amidine groups is 1. The van der Waals surface area contributed by atoms with Gasteiger partial charge in [0, 0.05) is 22.4 Å². The monoisotopic (exact) mass is 417 g/mol. The molecular formula is C21H24ClN3O4. The molecule has 0 spiro atoms. The molecule has 1 amide bonds. The molecule has 1 atom stereocenters. The van der Waals surface area contributed by atoms with Gasteiger partial charge >= 0.3 is 5.97 Å². The zero-order chi connectivity index (χ0) is 20.5. The van der Waals surface area contributed by atoms with E-state index in [1.165, 1.54) is 0 Å². The molecule has 1 aliphatic heterocycles. The van der Waals surface area contributed by atoms with Crippen molar-refractivity contribution in [1.29, 1.82) is 5.41 Å². The number of hydrogen-bond acceptors (Lipinski definition) is 4. The molecule has 8 heteroatoms. The van der Waals surface area contributed by atoms with Crippen LogP contribution in [0, 0.1) is 5.41 Å². The van der Waals surface area contributed by atoms with Crippen molar-refractivity contribution in [3.05, 3.63) is 59.2 Å². The summed E-state index contributed by atoms with van der Waals surface area (Å²) < 4.78 is 5.83. The van der Waals surface area contributed by atoms with Crippen LogP contribution >= 0.6 is 12.4 Å². The minimum Gasteiger partial charge on any atom is -0.489 e. The molecule has 0 saturated carbocycles. The Morgan fingerprint density at radius 2 is 1.83 bits per heavy atom. The molecule has 0 saturated heterocycles. The van der Waals surface area contributed by atoms with E-state index in [0.717, 1.165) is 5.56 Å². The average Bonchev–Trinajstić information content (AvgIpc) is 2.61. The van der Waals surface area contributed by atoms with Gasteiger partial charge in [-0.15, -0.1) is 12.4 Å². The molecule has 2 aromatic rings. The van der Waals surface area contributed by atoms with E-state index in [-0.39, 0.29) is 42.1 Å². The van der Waals surface area contributed by atoms with Gasteiger partial charge in [-0.3, -0.25) is 15.0 Å². The summed E-state index contributed by atoms with van der Waals surface area (Å²) in [5.74, 6) is -0.561. The van der Waals surface area contributed by atoms with E-state index < -0.39 is 5.97 Å². The maximum atomic E-state index is 12.5. The van der Waals surface area contributed by atoms with Gasteiger partial charge in [0.2, 0.25) is 0 Å². The zero-order valence-corrected chi connectivity index (χ0v) is 17.0. The first kappa shape index (κ1) is 22.2. The fourth-order valence-electron chi connectivity index (χ4n) is 3.45. The number of rotatable bonds is 5. The Balaban J connectivity index is 0.00000300. The lowest BCUT2D eigenvalue weighted by Gasteiger charge is -2.37. The summed E-state index contributed by atoms with van der Waals surface area (Å²) >= 11 is 0. The van der Waals surface area contributed by atoms with Gasteiger partial charge in [-0.2, -0.15) is 0 Å². The van der Waals surface area contributed by atoms with Crippen LogP contribution in [0.4, 0.5) is 5.69 Å². The van der Waals surface area contributed by atoms with E-state index in [9.17, 15) is 9.59 Å². The number of ether oxygens (including phenoxy) is 1. The molecule has 1 aliphatic rings. The first-order valence-corrected chi connectivity index (χ1v) is 8.94. The highest BCUT2D eigenvalue weighted by atomic mass is 35.5. The Bertz CT molecular complexity index is 941. The summed E-state index contributed by atoms with van der Waals surface area (Å²) in [5.41, 5.74) is 7.72. The molecule has 3 rings (SSSR count). The van der Waals surface area contributed by atoms with Crippen molar-refractivity contribution in [2.75, 3.05) is 5.32 Å². The number of aliphatic carboxylic acids is 1. The van der Waals surface area contributed by atoms with Crippen LogP contribution in [0.3, 0.4) is 0 Å². The van der Waals surface area contributed by atoms with Crippen LogP contribution in [0.2, 0.25) is 0 Å². The number of halogens is 1. The molecular weight excluding hydrogens is 394 g/mol. The van der Waals surface area contributed by atoms with Gasteiger partial charge in [-0.05, 0) is 42.2 Å². The normalized spacial score (nSPS) is 16.6. The summed E-state index contributed by atoms with van der Waals surface area (Å²) in [6.45, 7) is 4.07. The number of nitrogens with two attached hydrogens (primary N) is 1. The van der Waals surface area contributed by atoms with Crippen LogP contribution in [0.1, 0.15) is 48.2 Å². The molecule has 0 aromatic heterocycles. The van der Waals surface area contributed by atoms with E-state index in [0.29, 0.717) is 29.0 Å². The lowest BCUT2D eigenvalue weighted by Crippen LogP contribution is -2.35. The molecule has 5 N–H and O–H groups in total. The van der Waals surface area contributed by atoms with E-state index in [1.54, 1.807) is 36.4 Å². The topological polar surface area (TPSA) is 125 Å². The third kappa shape index (κ3) is 5.06. The molecule has 29 heavy (non-hydrogen) atoms. The summed E-state index contributed by atoms with van der Waals surface area (Å²) in [6.07, 6.45) is 0.161. The van der Waals surface area contributed by atoms with Gasteiger partial charge in [0.05, 0.1) is 6.42 Å². The van der Waals surface area contributed by atoms with E-state index in [4.69, 9.17) is 21.0 Å². The van der Waals surface area contributed by atoms with Crippen molar-refractivity contribution in [2.45, 2.75) is 38.2 Å². The number of hydrogen-bond donors (Lipinski definition) is 4. The maximum absolute atomic E-state index is 12.5. The van der Waals surface area contributed by atoms with Gasteiger partial charge in [-0.1, -0.05) is 26.0 Å². The lowest BCUT2D eigenvalue weighted by molar-refractivity contribution is -0.139. The molecule has 0 aliphatic carbocycles. The molecule has 2 aromatic carbocycles. The molecule has 154 valence electrons. The first-order chi connectivity index (χ1) is 13.2. The summed E-state index contributed by atoms with van der Waals surface area (Å²) in [4.78, 5) is 23.5. The highest BCUT2D eigenvalue weighted by Gasteiger charge is 2.35. The standard InChI is InChI=1S/C21H23N3O4.ClH/c1-21(2)11-15(10-18(25)26)28-17-8-7-14(9-16(17)21)24-20(27)13-5-3-12(4-6-13)19(22)23;/h3-9,15H,10-11H2,1-2H3,(H3,22,23)(H,24,27)(H,25,26);1H. The smallest absolute Gasteiger partial charge is 0.307 e. The van der Waals surface area contributed by atoms with Gasteiger partial charge < -0.3 is 20.9 Å². The van der Waals surface area contributed by atoms with Crippen LogP contribution in [0.5, 0.6) is 5.75 Å². The number of carbonyl (C=O) groups excluding carboxylic acids is 1. The second kappa shape index (κ2) is 8.53. The highest BCUT2D eigenvalue weighted by molar-refractivity contribution is 6.05. The van der Waals surface area contributed by atoms with E-state index in [1.807, 2.05) is 19.9 Å². The van der Waals surface area contributed by atoms with Crippen molar-refractivity contribution < 1.29 is 19.4 Å². The van der Waals surface area contributed by atoms with Crippen molar-refractivity contribution in [1.82, 2.24) is 0 Å². The number of carbonyl (C=O) groups is 2. The predicted octanol–water partition coefficient (Wildman–Crippen LogP) is 3.55. The van der Waals surface area contributed by atoms with Crippen LogP contribution in [-0.2, 0) is 10.2 Å². The SMILES string of the molecule is CC1(C)CC(CC(=O)O)Oc2ccc(NC(=O)c3ccc(C(=N)N)cc3)cc21.Cl. The second-order valence-electron chi connectivity index (χ2n) is 7.58. The van der Waals surface area contributed by atoms with E-state index in [2.05, 4.69) is 5.32 Å². The lowest BCUT2D eigenvalue weighted by atomic mass is 9.76. The fourth-order valence-corrected chi connectivity index (χ4v) is 3.45. The number of anilines is 1. The number of amides is 1. The Kier molecular flexibility index (Phi) is 6.54. The second-order valence-corrected chi connectivity index (χ2v) is 7.58. The third-order valence-electron chi connectivity index (χ3n) is 4.86. The largest absolute Gasteiger partial charge is 0.489 e. The first-order valence-electron chi connectivity index (χ1n) is 8.94. The Morgan fingerprint density at radius 3 is 2.41 bits per heavy atom. The van der Waals surface area contributed by atoms with Crippen molar-refractivity contribution in [3.63, 3.8) is 0 Å². The molecule has 0 fully saturated rings. The molecule has 1 heterocycles. The van der Waals surface area contributed by atoms with Crippen LogP contribution in [-0.4, -0.2) is 28.9 Å². The van der Waals surface area contributed by atoms with Crippen molar-refractivity contribution >= 4 is 35.8 Å². The van der Waals surface area contributed by atoms with Crippen LogP contribution in [0.25, 0.3) is 0 Å². The maximum Gasteiger partial charge on any atom is 0.307 e. The fraction of sp³-hybridized carbons (Fsp3) is 0.286. The van der Waals surface area contributed by atoms with Gasteiger partial charge in [0.1, 0.15) is 17.7 Å². The Hall–Kier alpha value is -3.06. The highest BCUT2D eigenvalue weighted by Crippen LogP contribution is 2.42. The quantitative estimate of drug-likeness (QED) is 0.437. The van der Waals surface area contributed by atoms with Crippen LogP contribution in [0.15, 0.2) is 42.5 Å². The number of nitrogen functional groups attached to an aromatic ring is 1. The summed E-state index contributed by atoms with van der Waals surface area (Å²) in [7, 11) is 0.